The van der Waals surface area contributed by atoms with E-state index in [-0.39, 0.29) is 36.4 Å². The molecule has 3 heterocycles. The van der Waals surface area contributed by atoms with Crippen molar-refractivity contribution in [3.05, 3.63) is 57.0 Å². The summed E-state index contributed by atoms with van der Waals surface area (Å²) in [6.45, 7) is 1.38. The van der Waals surface area contributed by atoms with Crippen molar-refractivity contribution in [3.63, 3.8) is 0 Å². The molecule has 1 saturated heterocycles. The molecule has 0 unspecified atom stereocenters. The van der Waals surface area contributed by atoms with Gasteiger partial charge in [-0.05, 0) is 36.4 Å². The lowest BCUT2D eigenvalue weighted by Gasteiger charge is -2.32. The van der Waals surface area contributed by atoms with Gasteiger partial charge >= 0.3 is 0 Å². The molecule has 0 saturated carbocycles. The second-order valence-electron chi connectivity index (χ2n) is 7.03. The van der Waals surface area contributed by atoms with Crippen molar-refractivity contribution in [2.24, 2.45) is 0 Å². The highest BCUT2D eigenvalue weighted by Crippen LogP contribution is 2.14. The summed E-state index contributed by atoms with van der Waals surface area (Å²) in [6.07, 6.45) is 1.63. The van der Waals surface area contributed by atoms with E-state index in [4.69, 9.17) is 0 Å². The van der Waals surface area contributed by atoms with Crippen LogP contribution >= 0.6 is 11.3 Å². The molecule has 1 aliphatic rings. The summed E-state index contributed by atoms with van der Waals surface area (Å²) in [7, 11) is 0. The van der Waals surface area contributed by atoms with Crippen molar-refractivity contribution < 1.29 is 9.59 Å². The summed E-state index contributed by atoms with van der Waals surface area (Å²) in [5.41, 5.74) is 0.986. The molecule has 1 N–H and O–H groups in total. The number of benzene rings is 1. The third-order valence-electron chi connectivity index (χ3n) is 5.13. The number of hydrogen-bond acceptors (Lipinski definition) is 6. The molecule has 8 nitrogen and oxygen atoms in total. The molecule has 1 aliphatic heterocycles. The minimum absolute atomic E-state index is 0.0190. The number of fused-ring (bicyclic) bond motifs is 1. The number of likely N-dealkylation sites (tertiary alicyclic amines) is 1. The number of piperidine rings is 1. The van der Waals surface area contributed by atoms with E-state index in [9.17, 15) is 14.4 Å². The van der Waals surface area contributed by atoms with Crippen LogP contribution in [0.1, 0.15) is 29.6 Å². The molecule has 0 atom stereocenters. The SMILES string of the molecule is O=C(NC1CCN(C(=O)CCn2nnc3ccccc3c2=O)CC1)c1ccsc1. The summed E-state index contributed by atoms with van der Waals surface area (Å²) in [6, 6.07) is 8.90. The van der Waals surface area contributed by atoms with E-state index in [2.05, 4.69) is 15.6 Å². The van der Waals surface area contributed by atoms with Gasteiger partial charge in [0.1, 0.15) is 5.52 Å². The van der Waals surface area contributed by atoms with Gasteiger partial charge in [-0.15, -0.1) is 5.10 Å². The Kier molecular flexibility index (Phi) is 5.66. The zero-order chi connectivity index (χ0) is 20.2. The fraction of sp³-hybridized carbons (Fsp3) is 0.350. The Labute approximate surface area is 171 Å². The van der Waals surface area contributed by atoms with Crippen LogP contribution in [-0.2, 0) is 11.3 Å². The Balaban J connectivity index is 1.29. The van der Waals surface area contributed by atoms with Crippen LogP contribution in [0.4, 0.5) is 0 Å². The van der Waals surface area contributed by atoms with Crippen LogP contribution in [0, 0.1) is 0 Å². The second kappa shape index (κ2) is 8.52. The third-order valence-corrected chi connectivity index (χ3v) is 5.82. The van der Waals surface area contributed by atoms with Crippen molar-refractivity contribution in [1.29, 1.82) is 0 Å². The Hall–Kier alpha value is -3.07. The molecule has 0 aliphatic carbocycles. The monoisotopic (exact) mass is 411 g/mol. The number of carbonyl (C=O) groups excluding carboxylic acids is 2. The molecular weight excluding hydrogens is 390 g/mol. The van der Waals surface area contributed by atoms with E-state index in [1.54, 1.807) is 35.2 Å². The first kappa shape index (κ1) is 19.3. The van der Waals surface area contributed by atoms with Crippen LogP contribution in [0.2, 0.25) is 0 Å². The van der Waals surface area contributed by atoms with Crippen LogP contribution in [0.25, 0.3) is 10.9 Å². The molecule has 150 valence electrons. The zero-order valence-corrected chi connectivity index (χ0v) is 16.6. The van der Waals surface area contributed by atoms with E-state index < -0.39 is 0 Å². The number of aromatic nitrogens is 3. The van der Waals surface area contributed by atoms with E-state index in [1.807, 2.05) is 10.8 Å². The number of amides is 2. The van der Waals surface area contributed by atoms with Crippen molar-refractivity contribution in [1.82, 2.24) is 25.2 Å². The van der Waals surface area contributed by atoms with Gasteiger partial charge in [-0.2, -0.15) is 11.3 Å². The normalized spacial score (nSPS) is 14.8. The fourth-order valence-corrected chi connectivity index (χ4v) is 4.10. The van der Waals surface area contributed by atoms with Gasteiger partial charge in [0.25, 0.3) is 11.5 Å². The maximum atomic E-state index is 12.5. The number of hydrogen-bond donors (Lipinski definition) is 1. The van der Waals surface area contributed by atoms with Crippen molar-refractivity contribution >= 4 is 34.1 Å². The van der Waals surface area contributed by atoms with Crippen LogP contribution in [0.15, 0.2) is 45.9 Å². The van der Waals surface area contributed by atoms with Crippen LogP contribution < -0.4 is 10.9 Å². The van der Waals surface area contributed by atoms with Gasteiger partial charge in [0, 0.05) is 36.5 Å². The molecule has 1 aromatic carbocycles. The highest BCUT2D eigenvalue weighted by molar-refractivity contribution is 7.08. The summed E-state index contributed by atoms with van der Waals surface area (Å²) < 4.78 is 1.24. The zero-order valence-electron chi connectivity index (χ0n) is 15.8. The summed E-state index contributed by atoms with van der Waals surface area (Å²) >= 11 is 1.49. The first-order valence-electron chi connectivity index (χ1n) is 9.55. The maximum Gasteiger partial charge on any atom is 0.277 e. The first-order valence-corrected chi connectivity index (χ1v) is 10.5. The number of rotatable bonds is 5. The van der Waals surface area contributed by atoms with Gasteiger partial charge in [-0.1, -0.05) is 17.3 Å². The lowest BCUT2D eigenvalue weighted by molar-refractivity contribution is -0.132. The van der Waals surface area contributed by atoms with Crippen molar-refractivity contribution in [3.8, 4) is 0 Å². The summed E-state index contributed by atoms with van der Waals surface area (Å²) in [5.74, 6) is -0.0836. The summed E-state index contributed by atoms with van der Waals surface area (Å²) in [4.78, 5) is 38.9. The molecule has 1 fully saturated rings. The van der Waals surface area contributed by atoms with Crippen LogP contribution in [-0.4, -0.2) is 50.8 Å². The molecule has 2 amide bonds. The lowest BCUT2D eigenvalue weighted by Crippen LogP contribution is -2.46. The molecule has 9 heteroatoms. The van der Waals surface area contributed by atoms with Gasteiger partial charge in [0.2, 0.25) is 5.91 Å². The van der Waals surface area contributed by atoms with E-state index in [0.29, 0.717) is 29.6 Å². The number of carbonyl (C=O) groups is 2. The topological polar surface area (TPSA) is 97.2 Å². The largest absolute Gasteiger partial charge is 0.349 e. The molecular formula is C20H21N5O3S. The van der Waals surface area contributed by atoms with E-state index in [0.717, 1.165) is 12.8 Å². The quantitative estimate of drug-likeness (QED) is 0.689. The van der Waals surface area contributed by atoms with Gasteiger partial charge in [-0.3, -0.25) is 14.4 Å². The highest BCUT2D eigenvalue weighted by atomic mass is 32.1. The van der Waals surface area contributed by atoms with Crippen molar-refractivity contribution in [2.45, 2.75) is 31.8 Å². The minimum atomic E-state index is -0.238. The van der Waals surface area contributed by atoms with Gasteiger partial charge in [0.05, 0.1) is 11.9 Å². The molecule has 3 aromatic rings. The smallest absolute Gasteiger partial charge is 0.277 e. The average Bonchev–Trinajstić information content (AvgIpc) is 3.29. The Bertz CT molecular complexity index is 1070. The molecule has 4 rings (SSSR count). The maximum absolute atomic E-state index is 12.5. The predicted octanol–water partition coefficient (Wildman–Crippen LogP) is 1.66. The predicted molar refractivity (Wildman–Crippen MR) is 110 cm³/mol. The number of nitrogens with one attached hydrogen (secondary N) is 1. The molecule has 2 aromatic heterocycles. The van der Waals surface area contributed by atoms with E-state index >= 15 is 0 Å². The third kappa shape index (κ3) is 4.34. The van der Waals surface area contributed by atoms with E-state index in [1.165, 1.54) is 16.0 Å². The molecule has 0 bridgehead atoms. The number of thiophene rings is 1. The fourth-order valence-electron chi connectivity index (χ4n) is 3.47. The standard InChI is InChI=1S/C20H21N5O3S/c26-18(7-11-25-20(28)16-3-1-2-4-17(16)22-23-25)24-9-5-15(6-10-24)21-19(27)14-8-12-29-13-14/h1-4,8,12-13,15H,5-7,9-11H2,(H,21,27). The summed E-state index contributed by atoms with van der Waals surface area (Å²) in [5, 5.41) is 15.2. The number of nitrogens with zero attached hydrogens (tertiary/aromatic N) is 4. The van der Waals surface area contributed by atoms with Gasteiger partial charge in [0.15, 0.2) is 0 Å². The Morgan fingerprint density at radius 3 is 2.72 bits per heavy atom. The Morgan fingerprint density at radius 2 is 1.97 bits per heavy atom. The highest BCUT2D eigenvalue weighted by Gasteiger charge is 2.24. The van der Waals surface area contributed by atoms with Gasteiger partial charge in [-0.25, -0.2) is 4.68 Å². The molecule has 0 spiro atoms. The minimum Gasteiger partial charge on any atom is -0.349 e. The van der Waals surface area contributed by atoms with Crippen molar-refractivity contribution in [2.75, 3.05) is 13.1 Å². The first-order chi connectivity index (χ1) is 14.1. The lowest BCUT2D eigenvalue weighted by atomic mass is 10.0. The van der Waals surface area contributed by atoms with Gasteiger partial charge < -0.3 is 10.2 Å². The van der Waals surface area contributed by atoms with Crippen LogP contribution in [0.3, 0.4) is 0 Å². The Morgan fingerprint density at radius 1 is 1.17 bits per heavy atom. The number of aryl methyl sites for hydroxylation is 1. The average molecular weight is 411 g/mol. The molecule has 29 heavy (non-hydrogen) atoms. The van der Waals surface area contributed by atoms with Crippen LogP contribution in [0.5, 0.6) is 0 Å². The molecule has 0 radical (unpaired) electrons. The second-order valence-corrected chi connectivity index (χ2v) is 7.81.